The number of aromatic nitrogens is 1. The number of morpholine rings is 1. The fourth-order valence-electron chi connectivity index (χ4n) is 10.1. The lowest BCUT2D eigenvalue weighted by Crippen LogP contribution is -2.53. The zero-order valence-corrected chi connectivity index (χ0v) is 32.0. The molecular weight excluding hydrogens is 690 g/mol. The van der Waals surface area contributed by atoms with Gasteiger partial charge < -0.3 is 29.4 Å². The van der Waals surface area contributed by atoms with Gasteiger partial charge >= 0.3 is 5.97 Å². The normalized spacial score (nSPS) is 28.8. The average Bonchev–Trinajstić information content (AvgIpc) is 3.27. The molecule has 0 radical (unpaired) electrons. The van der Waals surface area contributed by atoms with Gasteiger partial charge in [-0.3, -0.25) is 9.88 Å². The second-order valence-corrected chi connectivity index (χ2v) is 16.9. The van der Waals surface area contributed by atoms with E-state index in [0.717, 1.165) is 94.3 Å². The highest BCUT2D eigenvalue weighted by atomic mass is 35.5. The Bertz CT molecular complexity index is 1790. The summed E-state index contributed by atoms with van der Waals surface area (Å²) in [7, 11) is 0. The van der Waals surface area contributed by atoms with E-state index >= 15 is 0 Å². The van der Waals surface area contributed by atoms with Crippen molar-refractivity contribution in [1.82, 2.24) is 9.88 Å². The summed E-state index contributed by atoms with van der Waals surface area (Å²) in [5.74, 6) is 2.90. The molecule has 53 heavy (non-hydrogen) atoms. The number of carboxylic acid groups (broad SMARTS) is 1. The van der Waals surface area contributed by atoms with E-state index in [9.17, 15) is 9.90 Å². The van der Waals surface area contributed by atoms with Crippen LogP contribution in [0.4, 0.5) is 5.69 Å². The molecule has 3 aliphatic carbocycles. The van der Waals surface area contributed by atoms with Gasteiger partial charge in [-0.1, -0.05) is 31.5 Å². The number of halogens is 1. The van der Waals surface area contributed by atoms with Crippen LogP contribution in [0.25, 0.3) is 0 Å². The number of aryl methyl sites for hydroxylation is 1. The number of hydrogen-bond donors (Lipinski definition) is 2. The van der Waals surface area contributed by atoms with Crippen LogP contribution in [0.15, 0.2) is 48.7 Å². The SMILES string of the molecule is C[C@@H](COc1ccnc2c1[C@H](C)CCC2)C[C@H]1Cc2cc3c(cc2C12CCC(Nc1cccc(Cl)c1)(C(=O)O)CC2)O[C@H](CN1CCOCC1)CCO3. The fraction of sp³-hybridized carbons (Fsp3) is 0.581. The summed E-state index contributed by atoms with van der Waals surface area (Å²) in [5, 5.41) is 14.7. The van der Waals surface area contributed by atoms with Crippen LogP contribution < -0.4 is 19.5 Å². The third-order valence-corrected chi connectivity index (χ3v) is 13.1. The molecule has 0 bridgehead atoms. The predicted molar refractivity (Wildman–Crippen MR) is 206 cm³/mol. The third-order valence-electron chi connectivity index (χ3n) is 12.9. The number of hydrogen-bond acceptors (Lipinski definition) is 8. The van der Waals surface area contributed by atoms with Crippen molar-refractivity contribution in [1.29, 1.82) is 0 Å². The average molecular weight is 744 g/mol. The van der Waals surface area contributed by atoms with E-state index in [2.05, 4.69) is 41.2 Å². The highest BCUT2D eigenvalue weighted by molar-refractivity contribution is 6.30. The van der Waals surface area contributed by atoms with Crippen molar-refractivity contribution in [3.05, 3.63) is 76.1 Å². The molecule has 5 aliphatic rings. The number of ether oxygens (including phenoxy) is 4. The Morgan fingerprint density at radius 2 is 1.92 bits per heavy atom. The number of nitrogens with one attached hydrogen (secondary N) is 1. The van der Waals surface area contributed by atoms with Gasteiger partial charge in [0.2, 0.25) is 0 Å². The maximum Gasteiger partial charge on any atom is 0.329 e. The Labute approximate surface area is 318 Å². The predicted octanol–water partition coefficient (Wildman–Crippen LogP) is 8.06. The number of pyridine rings is 1. The summed E-state index contributed by atoms with van der Waals surface area (Å²) in [4.78, 5) is 20.2. The number of nitrogens with zero attached hydrogens (tertiary/aromatic N) is 2. The van der Waals surface area contributed by atoms with Gasteiger partial charge in [-0.2, -0.15) is 0 Å². The second kappa shape index (κ2) is 15.3. The van der Waals surface area contributed by atoms with Gasteiger partial charge in [0.05, 0.1) is 26.4 Å². The highest BCUT2D eigenvalue weighted by Gasteiger charge is 2.54. The number of fused-ring (bicyclic) bond motifs is 4. The first-order valence-electron chi connectivity index (χ1n) is 19.9. The minimum absolute atomic E-state index is 0.0345. The van der Waals surface area contributed by atoms with Crippen molar-refractivity contribution < 1.29 is 28.8 Å². The molecule has 4 atom stereocenters. The molecule has 1 aromatic heterocycles. The van der Waals surface area contributed by atoms with Crippen LogP contribution >= 0.6 is 11.6 Å². The zero-order valence-electron chi connectivity index (χ0n) is 31.2. The minimum atomic E-state index is -1.08. The van der Waals surface area contributed by atoms with Gasteiger partial charge in [-0.05, 0) is 128 Å². The molecule has 10 heteroatoms. The third kappa shape index (κ3) is 7.46. The van der Waals surface area contributed by atoms with Gasteiger partial charge in [-0.25, -0.2) is 4.79 Å². The Balaban J connectivity index is 1.06. The van der Waals surface area contributed by atoms with Gasteiger partial charge in [0.25, 0.3) is 0 Å². The molecule has 2 aromatic carbocycles. The second-order valence-electron chi connectivity index (χ2n) is 16.4. The monoisotopic (exact) mass is 743 g/mol. The summed E-state index contributed by atoms with van der Waals surface area (Å²) in [6.45, 7) is 10.1. The highest BCUT2D eigenvalue weighted by Crippen LogP contribution is 2.58. The molecule has 3 heterocycles. The molecule has 8 rings (SSSR count). The summed E-state index contributed by atoms with van der Waals surface area (Å²) in [6.07, 6.45) is 10.6. The zero-order chi connectivity index (χ0) is 36.6. The number of anilines is 1. The molecule has 2 fully saturated rings. The van der Waals surface area contributed by atoms with Crippen LogP contribution in [-0.4, -0.2) is 78.7 Å². The lowest BCUT2D eigenvalue weighted by molar-refractivity contribution is -0.144. The van der Waals surface area contributed by atoms with Crippen LogP contribution in [0.5, 0.6) is 17.2 Å². The van der Waals surface area contributed by atoms with E-state index in [-0.39, 0.29) is 11.5 Å². The van der Waals surface area contributed by atoms with E-state index in [1.165, 1.54) is 35.2 Å². The first-order chi connectivity index (χ1) is 25.7. The first-order valence-corrected chi connectivity index (χ1v) is 20.2. The van der Waals surface area contributed by atoms with Gasteiger partial charge in [-0.15, -0.1) is 0 Å². The van der Waals surface area contributed by atoms with Crippen molar-refractivity contribution in [3.8, 4) is 17.2 Å². The minimum Gasteiger partial charge on any atom is -0.493 e. The van der Waals surface area contributed by atoms with Crippen LogP contribution in [0.2, 0.25) is 5.02 Å². The molecule has 1 saturated carbocycles. The molecule has 0 amide bonds. The van der Waals surface area contributed by atoms with E-state index in [1.54, 1.807) is 0 Å². The Hall–Kier alpha value is -3.53. The van der Waals surface area contributed by atoms with E-state index in [4.69, 9.17) is 30.5 Å². The van der Waals surface area contributed by atoms with E-state index in [1.807, 2.05) is 36.5 Å². The molecule has 9 nitrogen and oxygen atoms in total. The van der Waals surface area contributed by atoms with Gasteiger partial charge in [0.1, 0.15) is 17.4 Å². The van der Waals surface area contributed by atoms with Crippen molar-refractivity contribution >= 4 is 23.3 Å². The molecular formula is C43H54ClN3O6. The summed E-state index contributed by atoms with van der Waals surface area (Å²) in [6, 6.07) is 13.9. The van der Waals surface area contributed by atoms with Crippen LogP contribution in [0, 0.1) is 11.8 Å². The number of benzene rings is 2. The number of carboxylic acids is 1. The topological polar surface area (TPSA) is 102 Å². The Morgan fingerprint density at radius 1 is 1.09 bits per heavy atom. The molecule has 284 valence electrons. The standard InChI is InChI=1S/C43H54ClN3O6/c1-28(27-52-37-9-15-45-36-8-3-5-29(2)40(36)37)21-31-22-30-23-38-39(53-34(10-18-51-38)26-47-16-19-50-20-17-47)25-35(30)42(31)11-13-43(14-12-42,41(48)49)46-33-7-4-6-32(44)24-33/h4,6-7,9,15,23-25,28-29,31,34,46H,3,5,8,10-14,16-22,26-27H2,1-2H3,(H,48,49)/t28-,29-,31+,34+,42?,43?/m1/s1. The van der Waals surface area contributed by atoms with Gasteiger partial charge in [0.15, 0.2) is 11.5 Å². The largest absolute Gasteiger partial charge is 0.493 e. The molecule has 3 aromatic rings. The summed E-state index contributed by atoms with van der Waals surface area (Å²) >= 11 is 6.32. The number of carbonyl (C=O) groups is 1. The van der Waals surface area contributed by atoms with E-state index < -0.39 is 11.5 Å². The molecule has 1 spiro atoms. The van der Waals surface area contributed by atoms with Crippen LogP contribution in [0.1, 0.15) is 93.5 Å². The maximum absolute atomic E-state index is 13.1. The number of aliphatic carboxylic acids is 1. The van der Waals surface area contributed by atoms with Gasteiger partial charge in [0, 0.05) is 54.2 Å². The number of rotatable bonds is 10. The van der Waals surface area contributed by atoms with Crippen LogP contribution in [-0.2, 0) is 27.8 Å². The molecule has 2 aliphatic heterocycles. The smallest absolute Gasteiger partial charge is 0.329 e. The molecule has 2 N–H and O–H groups in total. The van der Waals surface area contributed by atoms with Crippen molar-refractivity contribution in [2.75, 3.05) is 51.4 Å². The van der Waals surface area contributed by atoms with Crippen molar-refractivity contribution in [3.63, 3.8) is 0 Å². The lowest BCUT2D eigenvalue weighted by Gasteiger charge is -2.47. The van der Waals surface area contributed by atoms with Crippen molar-refractivity contribution in [2.45, 2.75) is 101 Å². The van der Waals surface area contributed by atoms with E-state index in [0.29, 0.717) is 48.8 Å². The van der Waals surface area contributed by atoms with Crippen molar-refractivity contribution in [2.24, 2.45) is 11.8 Å². The fourth-order valence-corrected chi connectivity index (χ4v) is 10.2. The first kappa shape index (κ1) is 36.4. The molecule has 0 unspecified atom stereocenters. The van der Waals surface area contributed by atoms with Crippen LogP contribution in [0.3, 0.4) is 0 Å². The lowest BCUT2D eigenvalue weighted by atomic mass is 9.59. The Kier molecular flexibility index (Phi) is 10.5. The summed E-state index contributed by atoms with van der Waals surface area (Å²) in [5.41, 5.74) is 4.56. The maximum atomic E-state index is 13.1. The summed E-state index contributed by atoms with van der Waals surface area (Å²) < 4.78 is 25.4. The molecule has 1 saturated heterocycles. The Morgan fingerprint density at radius 3 is 2.72 bits per heavy atom. The quantitative estimate of drug-likeness (QED) is 0.214.